The molecule has 4 unspecified atom stereocenters. The SMILES string of the molecule is CCCC(=O)C(C)CC(=O)C(C)CC(=O)C(C)CC(=O)C(C)C(=O)OF. The Hall–Kier alpha value is -1.92. The second-order valence-corrected chi connectivity index (χ2v) is 7.05. The molecule has 0 saturated carbocycles. The fraction of sp³-hybridized carbons (Fsp3) is 0.737. The predicted molar refractivity (Wildman–Crippen MR) is 92.6 cm³/mol. The Morgan fingerprint density at radius 1 is 0.731 bits per heavy atom. The molecular formula is C19H29FO6. The zero-order chi connectivity index (χ0) is 20.4. The minimum Gasteiger partial charge on any atom is -0.299 e. The molecule has 0 aromatic rings. The molecule has 6 nitrogen and oxygen atoms in total. The monoisotopic (exact) mass is 372 g/mol. The third-order valence-electron chi connectivity index (χ3n) is 4.58. The molecule has 26 heavy (non-hydrogen) atoms. The first-order valence-electron chi connectivity index (χ1n) is 8.98. The van der Waals surface area contributed by atoms with Crippen molar-refractivity contribution in [3.63, 3.8) is 0 Å². The maximum Gasteiger partial charge on any atom is 0.358 e. The molecule has 0 aliphatic heterocycles. The Labute approximate surface area is 153 Å². The Kier molecular flexibility index (Phi) is 10.8. The van der Waals surface area contributed by atoms with Crippen molar-refractivity contribution in [2.45, 2.75) is 66.7 Å². The molecule has 0 heterocycles. The lowest BCUT2D eigenvalue weighted by Crippen LogP contribution is -2.27. The number of Topliss-reactive ketones (excluding diaryl/α,β-unsaturated/α-hetero) is 4. The van der Waals surface area contributed by atoms with Gasteiger partial charge in [-0.15, -0.1) is 0 Å². The van der Waals surface area contributed by atoms with Crippen LogP contribution < -0.4 is 0 Å². The Bertz CT molecular complexity index is 542. The molecule has 0 spiro atoms. The molecule has 0 aromatic carbocycles. The average molecular weight is 372 g/mol. The van der Waals surface area contributed by atoms with Crippen LogP contribution in [0.15, 0.2) is 0 Å². The number of ketones is 4. The van der Waals surface area contributed by atoms with Crippen molar-refractivity contribution >= 4 is 29.1 Å². The smallest absolute Gasteiger partial charge is 0.299 e. The van der Waals surface area contributed by atoms with Crippen molar-refractivity contribution in [2.75, 3.05) is 0 Å². The summed E-state index contributed by atoms with van der Waals surface area (Å²) in [6.07, 6.45) is 0.997. The summed E-state index contributed by atoms with van der Waals surface area (Å²) in [5.74, 6) is -5.18. The first-order chi connectivity index (χ1) is 12.0. The molecule has 0 aromatic heterocycles. The fourth-order valence-corrected chi connectivity index (χ4v) is 2.52. The first kappa shape index (κ1) is 24.1. The van der Waals surface area contributed by atoms with E-state index in [4.69, 9.17) is 0 Å². The largest absolute Gasteiger partial charge is 0.358 e. The lowest BCUT2D eigenvalue weighted by Gasteiger charge is -2.16. The number of hydrogen-bond donors (Lipinski definition) is 0. The molecule has 0 aliphatic carbocycles. The lowest BCUT2D eigenvalue weighted by atomic mass is 9.86. The van der Waals surface area contributed by atoms with E-state index < -0.39 is 29.5 Å². The van der Waals surface area contributed by atoms with Gasteiger partial charge in [-0.05, 0) is 13.3 Å². The van der Waals surface area contributed by atoms with Crippen LogP contribution in [-0.4, -0.2) is 29.1 Å². The van der Waals surface area contributed by atoms with E-state index in [1.807, 2.05) is 6.92 Å². The van der Waals surface area contributed by atoms with E-state index in [9.17, 15) is 28.5 Å². The number of carbonyl (C=O) groups excluding carboxylic acids is 5. The third-order valence-corrected chi connectivity index (χ3v) is 4.58. The standard InChI is InChI=1S/C19H29FO6/c1-6-7-15(21)11(2)8-16(22)12(3)9-17(23)13(4)10-18(24)14(5)19(25)26-20/h11-14H,6-10H2,1-5H3. The number of rotatable bonds is 13. The number of halogens is 1. The highest BCUT2D eigenvalue weighted by atomic mass is 19.3. The number of carbonyl (C=O) groups is 5. The summed E-state index contributed by atoms with van der Waals surface area (Å²) in [5.41, 5.74) is 0. The molecule has 0 saturated heterocycles. The van der Waals surface area contributed by atoms with Crippen LogP contribution in [0.4, 0.5) is 4.53 Å². The van der Waals surface area contributed by atoms with Crippen molar-refractivity contribution < 1.29 is 33.4 Å². The van der Waals surface area contributed by atoms with Gasteiger partial charge in [-0.25, -0.2) is 4.79 Å². The highest BCUT2D eigenvalue weighted by Crippen LogP contribution is 2.19. The molecule has 7 heteroatoms. The Balaban J connectivity index is 4.55. The Morgan fingerprint density at radius 3 is 1.50 bits per heavy atom. The molecule has 4 atom stereocenters. The molecule has 148 valence electrons. The van der Waals surface area contributed by atoms with Gasteiger partial charge < -0.3 is 0 Å². The average Bonchev–Trinajstić information content (AvgIpc) is 2.59. The molecule has 0 rings (SSSR count). The summed E-state index contributed by atoms with van der Waals surface area (Å²) >= 11 is 0. The van der Waals surface area contributed by atoms with Crippen LogP contribution in [0.2, 0.25) is 0 Å². The van der Waals surface area contributed by atoms with Crippen LogP contribution in [0, 0.1) is 23.7 Å². The van der Waals surface area contributed by atoms with Crippen molar-refractivity contribution in [3.8, 4) is 0 Å². The van der Waals surface area contributed by atoms with Crippen LogP contribution in [0.25, 0.3) is 0 Å². The van der Waals surface area contributed by atoms with Gasteiger partial charge >= 0.3 is 5.97 Å². The zero-order valence-electron chi connectivity index (χ0n) is 16.2. The van der Waals surface area contributed by atoms with Crippen molar-refractivity contribution in [3.05, 3.63) is 0 Å². The third kappa shape index (κ3) is 7.97. The van der Waals surface area contributed by atoms with Crippen molar-refractivity contribution in [2.24, 2.45) is 23.7 Å². The summed E-state index contributed by atoms with van der Waals surface area (Å²) in [6, 6.07) is 0. The van der Waals surface area contributed by atoms with Gasteiger partial charge in [0.05, 0.1) is 0 Å². The normalized spacial score (nSPS) is 15.5. The van der Waals surface area contributed by atoms with E-state index in [2.05, 4.69) is 4.94 Å². The molecule has 0 fully saturated rings. The fourth-order valence-electron chi connectivity index (χ4n) is 2.52. The maximum atomic E-state index is 12.2. The van der Waals surface area contributed by atoms with E-state index in [1.54, 1.807) is 13.8 Å². The summed E-state index contributed by atoms with van der Waals surface area (Å²) in [6.45, 7) is 7.96. The minimum atomic E-state index is -1.29. The van der Waals surface area contributed by atoms with Gasteiger partial charge in [0.15, 0.2) is 0 Å². The van der Waals surface area contributed by atoms with E-state index >= 15 is 0 Å². The molecule has 0 amide bonds. The summed E-state index contributed by atoms with van der Waals surface area (Å²) in [4.78, 5) is 62.1. The van der Waals surface area contributed by atoms with Gasteiger partial charge in [0, 0.05) is 48.0 Å². The molecular weight excluding hydrogens is 343 g/mol. The van der Waals surface area contributed by atoms with Gasteiger partial charge in [-0.1, -0.05) is 27.7 Å². The van der Waals surface area contributed by atoms with E-state index in [0.29, 0.717) is 6.42 Å². The molecule has 0 aliphatic rings. The number of hydrogen-bond acceptors (Lipinski definition) is 6. The summed E-state index contributed by atoms with van der Waals surface area (Å²) < 4.78 is 11.8. The van der Waals surface area contributed by atoms with Gasteiger partial charge in [0.1, 0.15) is 29.1 Å². The zero-order valence-corrected chi connectivity index (χ0v) is 16.2. The second-order valence-electron chi connectivity index (χ2n) is 7.05. The van der Waals surface area contributed by atoms with Crippen molar-refractivity contribution in [1.29, 1.82) is 0 Å². The highest BCUT2D eigenvalue weighted by molar-refractivity contribution is 6.00. The van der Waals surface area contributed by atoms with Gasteiger partial charge in [0.2, 0.25) is 0 Å². The van der Waals surface area contributed by atoms with E-state index in [1.165, 1.54) is 13.8 Å². The Morgan fingerprint density at radius 2 is 1.12 bits per heavy atom. The minimum absolute atomic E-state index is 0.0343. The van der Waals surface area contributed by atoms with Crippen LogP contribution in [-0.2, 0) is 28.9 Å². The van der Waals surface area contributed by atoms with Gasteiger partial charge in [-0.3, -0.25) is 24.1 Å². The predicted octanol–water partition coefficient (Wildman–Crippen LogP) is 3.21. The van der Waals surface area contributed by atoms with Crippen LogP contribution in [0.5, 0.6) is 0 Å². The first-order valence-corrected chi connectivity index (χ1v) is 8.98. The van der Waals surface area contributed by atoms with E-state index in [0.717, 1.165) is 6.42 Å². The topological polar surface area (TPSA) is 94.6 Å². The van der Waals surface area contributed by atoms with Crippen LogP contribution >= 0.6 is 0 Å². The lowest BCUT2D eigenvalue weighted by molar-refractivity contribution is -0.188. The second kappa shape index (κ2) is 11.6. The van der Waals surface area contributed by atoms with Crippen LogP contribution in [0.1, 0.15) is 66.7 Å². The molecule has 0 bridgehead atoms. The van der Waals surface area contributed by atoms with Crippen LogP contribution in [0.3, 0.4) is 0 Å². The van der Waals surface area contributed by atoms with Gasteiger partial charge in [0.25, 0.3) is 0 Å². The quantitative estimate of drug-likeness (QED) is 0.461. The maximum absolute atomic E-state index is 12.2. The highest BCUT2D eigenvalue weighted by Gasteiger charge is 2.29. The summed E-state index contributed by atoms with van der Waals surface area (Å²) in [7, 11) is 0. The van der Waals surface area contributed by atoms with Gasteiger partial charge in [-0.2, -0.15) is 0 Å². The van der Waals surface area contributed by atoms with E-state index in [-0.39, 0.29) is 42.5 Å². The molecule has 0 radical (unpaired) electrons. The molecule has 0 N–H and O–H groups in total. The summed E-state index contributed by atoms with van der Waals surface area (Å²) in [5, 5.41) is 0. The van der Waals surface area contributed by atoms with Crippen molar-refractivity contribution in [1.82, 2.24) is 0 Å².